The molecule has 0 saturated heterocycles. The molecule has 0 spiro atoms. The number of nitrogens with zero attached hydrogens (tertiary/aromatic N) is 1. The number of aliphatic carboxylic acids is 1. The largest absolute Gasteiger partial charge is 0.480 e. The number of oxazole rings is 1. The fraction of sp³-hybridized carbons (Fsp3) is 0.545. The van der Waals surface area contributed by atoms with Crippen molar-refractivity contribution in [2.24, 2.45) is 0 Å². The van der Waals surface area contributed by atoms with Gasteiger partial charge in [0.05, 0.1) is 12.2 Å². The first-order chi connectivity index (χ1) is 8.43. The van der Waals surface area contributed by atoms with Crippen LogP contribution in [0.15, 0.2) is 4.42 Å². The number of amides is 2. The Morgan fingerprint density at radius 3 is 2.56 bits per heavy atom. The SMILES string of the molecule is CC[C@@H](NC(=O)NCc1nc(C)c(C)o1)C(=O)O. The van der Waals surface area contributed by atoms with E-state index in [1.165, 1.54) is 0 Å². The van der Waals surface area contributed by atoms with E-state index in [2.05, 4.69) is 15.6 Å². The summed E-state index contributed by atoms with van der Waals surface area (Å²) in [5, 5.41) is 13.6. The number of hydrogen-bond acceptors (Lipinski definition) is 4. The minimum atomic E-state index is -1.06. The lowest BCUT2D eigenvalue weighted by Crippen LogP contribution is -2.45. The van der Waals surface area contributed by atoms with Gasteiger partial charge < -0.3 is 20.2 Å². The van der Waals surface area contributed by atoms with Crippen molar-refractivity contribution in [1.82, 2.24) is 15.6 Å². The number of carbonyl (C=O) groups is 2. The fourth-order valence-electron chi connectivity index (χ4n) is 1.32. The number of aromatic nitrogens is 1. The zero-order valence-corrected chi connectivity index (χ0v) is 10.6. The monoisotopic (exact) mass is 255 g/mol. The van der Waals surface area contributed by atoms with Gasteiger partial charge in [-0.05, 0) is 20.3 Å². The summed E-state index contributed by atoms with van der Waals surface area (Å²) in [6, 6.07) is -1.45. The highest BCUT2D eigenvalue weighted by atomic mass is 16.4. The van der Waals surface area contributed by atoms with Crippen LogP contribution in [0.4, 0.5) is 4.79 Å². The average molecular weight is 255 g/mol. The van der Waals surface area contributed by atoms with E-state index in [0.29, 0.717) is 18.1 Å². The highest BCUT2D eigenvalue weighted by molar-refractivity contribution is 5.82. The van der Waals surface area contributed by atoms with Gasteiger partial charge in [0.15, 0.2) is 0 Å². The Morgan fingerprint density at radius 2 is 2.11 bits per heavy atom. The van der Waals surface area contributed by atoms with E-state index in [4.69, 9.17) is 9.52 Å². The molecule has 7 heteroatoms. The predicted octanol–water partition coefficient (Wildman–Crippen LogP) is 0.954. The highest BCUT2D eigenvalue weighted by Gasteiger charge is 2.17. The van der Waals surface area contributed by atoms with Crippen molar-refractivity contribution in [2.75, 3.05) is 0 Å². The molecule has 0 fully saturated rings. The minimum absolute atomic E-state index is 0.122. The molecule has 0 unspecified atom stereocenters. The first-order valence-corrected chi connectivity index (χ1v) is 5.64. The molecule has 2 amide bonds. The van der Waals surface area contributed by atoms with Crippen LogP contribution in [0.2, 0.25) is 0 Å². The fourth-order valence-corrected chi connectivity index (χ4v) is 1.32. The smallest absolute Gasteiger partial charge is 0.326 e. The van der Waals surface area contributed by atoms with Crippen molar-refractivity contribution in [3.63, 3.8) is 0 Å². The molecule has 0 aliphatic heterocycles. The van der Waals surface area contributed by atoms with Gasteiger partial charge in [-0.3, -0.25) is 0 Å². The van der Waals surface area contributed by atoms with Crippen LogP contribution in [0, 0.1) is 13.8 Å². The van der Waals surface area contributed by atoms with Gasteiger partial charge in [0.1, 0.15) is 11.8 Å². The Morgan fingerprint density at radius 1 is 1.44 bits per heavy atom. The summed E-state index contributed by atoms with van der Waals surface area (Å²) in [7, 11) is 0. The lowest BCUT2D eigenvalue weighted by molar-refractivity contribution is -0.139. The van der Waals surface area contributed by atoms with Crippen molar-refractivity contribution in [2.45, 2.75) is 39.8 Å². The van der Waals surface area contributed by atoms with Gasteiger partial charge in [0.2, 0.25) is 5.89 Å². The van der Waals surface area contributed by atoms with Crippen molar-refractivity contribution in [3.8, 4) is 0 Å². The van der Waals surface area contributed by atoms with Gasteiger partial charge >= 0.3 is 12.0 Å². The number of nitrogens with one attached hydrogen (secondary N) is 2. The van der Waals surface area contributed by atoms with E-state index in [9.17, 15) is 9.59 Å². The topological polar surface area (TPSA) is 104 Å². The molecule has 1 atom stereocenters. The molecule has 0 aliphatic carbocycles. The zero-order chi connectivity index (χ0) is 13.7. The summed E-state index contributed by atoms with van der Waals surface area (Å²) in [5.74, 6) is 0.0307. The summed E-state index contributed by atoms with van der Waals surface area (Å²) in [4.78, 5) is 26.2. The summed E-state index contributed by atoms with van der Waals surface area (Å²) in [6.07, 6.45) is 0.319. The van der Waals surface area contributed by atoms with Gasteiger partial charge in [0.25, 0.3) is 0 Å². The maximum absolute atomic E-state index is 11.4. The molecule has 1 aromatic rings. The molecule has 1 rings (SSSR count). The van der Waals surface area contributed by atoms with Crippen molar-refractivity contribution < 1.29 is 19.1 Å². The Hall–Kier alpha value is -2.05. The minimum Gasteiger partial charge on any atom is -0.480 e. The van der Waals surface area contributed by atoms with Crippen LogP contribution in [0.25, 0.3) is 0 Å². The lowest BCUT2D eigenvalue weighted by Gasteiger charge is -2.12. The number of rotatable bonds is 5. The number of carboxylic acids is 1. The third-order valence-corrected chi connectivity index (χ3v) is 2.48. The van der Waals surface area contributed by atoms with Crippen molar-refractivity contribution in [3.05, 3.63) is 17.3 Å². The maximum atomic E-state index is 11.4. The lowest BCUT2D eigenvalue weighted by atomic mass is 10.2. The van der Waals surface area contributed by atoms with E-state index < -0.39 is 18.0 Å². The Bertz CT molecular complexity index is 422. The van der Waals surface area contributed by atoms with Crippen LogP contribution in [-0.2, 0) is 11.3 Å². The number of urea groups is 1. The van der Waals surface area contributed by atoms with Crippen LogP contribution in [0.1, 0.15) is 30.7 Å². The molecule has 1 heterocycles. The van der Waals surface area contributed by atoms with Crippen LogP contribution in [0.3, 0.4) is 0 Å². The number of carbonyl (C=O) groups excluding carboxylic acids is 1. The van der Waals surface area contributed by atoms with Gasteiger partial charge in [0, 0.05) is 0 Å². The third-order valence-electron chi connectivity index (χ3n) is 2.48. The summed E-state index contributed by atoms with van der Waals surface area (Å²) < 4.78 is 5.27. The summed E-state index contributed by atoms with van der Waals surface area (Å²) >= 11 is 0. The third kappa shape index (κ3) is 3.76. The Balaban J connectivity index is 2.44. The predicted molar refractivity (Wildman–Crippen MR) is 63.1 cm³/mol. The molecular formula is C11H17N3O4. The van der Waals surface area contributed by atoms with Crippen LogP contribution in [0.5, 0.6) is 0 Å². The Kier molecular flexibility index (Phi) is 4.70. The highest BCUT2D eigenvalue weighted by Crippen LogP contribution is 2.07. The summed E-state index contributed by atoms with van der Waals surface area (Å²) in [6.45, 7) is 5.39. The van der Waals surface area contributed by atoms with Crippen LogP contribution >= 0.6 is 0 Å². The van der Waals surface area contributed by atoms with Crippen LogP contribution in [-0.4, -0.2) is 28.1 Å². The van der Waals surface area contributed by atoms with Gasteiger partial charge in [-0.25, -0.2) is 14.6 Å². The molecule has 1 aromatic heterocycles. The quantitative estimate of drug-likeness (QED) is 0.726. The maximum Gasteiger partial charge on any atom is 0.326 e. The first kappa shape index (κ1) is 14.0. The van der Waals surface area contributed by atoms with E-state index in [1.54, 1.807) is 20.8 Å². The van der Waals surface area contributed by atoms with E-state index in [0.717, 1.165) is 5.69 Å². The molecule has 18 heavy (non-hydrogen) atoms. The molecule has 0 radical (unpaired) electrons. The van der Waals surface area contributed by atoms with Crippen LogP contribution < -0.4 is 10.6 Å². The average Bonchev–Trinajstić information content (AvgIpc) is 2.63. The van der Waals surface area contributed by atoms with Gasteiger partial charge in [-0.15, -0.1) is 0 Å². The van der Waals surface area contributed by atoms with Crippen molar-refractivity contribution in [1.29, 1.82) is 0 Å². The van der Waals surface area contributed by atoms with Crippen molar-refractivity contribution >= 4 is 12.0 Å². The number of carboxylic acid groups (broad SMARTS) is 1. The summed E-state index contributed by atoms with van der Waals surface area (Å²) in [5.41, 5.74) is 0.768. The van der Waals surface area contributed by atoms with Gasteiger partial charge in [-0.1, -0.05) is 6.92 Å². The normalized spacial score (nSPS) is 11.9. The standard InChI is InChI=1S/C11H17N3O4/c1-4-8(10(15)16)14-11(17)12-5-9-13-6(2)7(3)18-9/h8H,4-5H2,1-3H3,(H,15,16)(H2,12,14,17)/t8-/m1/s1. The van der Waals surface area contributed by atoms with E-state index in [1.807, 2.05) is 0 Å². The second kappa shape index (κ2) is 6.04. The molecular weight excluding hydrogens is 238 g/mol. The Labute approximate surface area is 105 Å². The first-order valence-electron chi connectivity index (χ1n) is 5.64. The number of hydrogen-bond donors (Lipinski definition) is 3. The second-order valence-electron chi connectivity index (χ2n) is 3.88. The second-order valence-corrected chi connectivity index (χ2v) is 3.88. The van der Waals surface area contributed by atoms with E-state index in [-0.39, 0.29) is 6.54 Å². The zero-order valence-electron chi connectivity index (χ0n) is 10.6. The molecule has 0 saturated carbocycles. The molecule has 0 aromatic carbocycles. The molecule has 0 aliphatic rings. The number of aryl methyl sites for hydroxylation is 2. The molecule has 7 nitrogen and oxygen atoms in total. The molecule has 0 bridgehead atoms. The molecule has 3 N–H and O–H groups in total. The van der Waals surface area contributed by atoms with Gasteiger partial charge in [-0.2, -0.15) is 0 Å². The van der Waals surface area contributed by atoms with E-state index >= 15 is 0 Å². The molecule has 100 valence electrons.